The molecule has 8 heteroatoms. The molecule has 4 rings (SSSR count). The molecule has 122 valence electrons. The van der Waals surface area contributed by atoms with Crippen molar-refractivity contribution in [3.05, 3.63) is 52.6 Å². The SMILES string of the molecule is Cc1ncncc1-c1noc([C@@H]2CCO[C@H]2c2cncc(Br)c2)n1. The first-order valence-electron chi connectivity index (χ1n) is 7.55. The Labute approximate surface area is 146 Å². The third kappa shape index (κ3) is 2.83. The van der Waals surface area contributed by atoms with Gasteiger partial charge in [0.2, 0.25) is 11.7 Å². The molecule has 0 spiro atoms. The molecule has 4 heterocycles. The summed E-state index contributed by atoms with van der Waals surface area (Å²) in [7, 11) is 0. The second kappa shape index (κ2) is 6.37. The summed E-state index contributed by atoms with van der Waals surface area (Å²) >= 11 is 3.44. The first-order valence-corrected chi connectivity index (χ1v) is 8.34. The number of aryl methyl sites for hydroxylation is 1. The molecule has 3 aromatic heterocycles. The quantitative estimate of drug-likeness (QED) is 0.681. The van der Waals surface area contributed by atoms with Crippen LogP contribution in [-0.4, -0.2) is 31.7 Å². The van der Waals surface area contributed by atoms with Gasteiger partial charge in [-0.2, -0.15) is 4.98 Å². The molecule has 0 aromatic carbocycles. The molecular weight excluding hydrogens is 374 g/mol. The third-order valence-electron chi connectivity index (χ3n) is 4.06. The van der Waals surface area contributed by atoms with Gasteiger partial charge in [-0.25, -0.2) is 9.97 Å². The van der Waals surface area contributed by atoms with Crippen LogP contribution >= 0.6 is 15.9 Å². The van der Waals surface area contributed by atoms with Crippen LogP contribution in [0, 0.1) is 6.92 Å². The summed E-state index contributed by atoms with van der Waals surface area (Å²) in [6.45, 7) is 2.54. The highest BCUT2D eigenvalue weighted by molar-refractivity contribution is 9.10. The Balaban J connectivity index is 1.65. The van der Waals surface area contributed by atoms with Gasteiger partial charge in [0, 0.05) is 35.2 Å². The number of ether oxygens (including phenoxy) is 1. The highest BCUT2D eigenvalue weighted by Crippen LogP contribution is 2.41. The highest BCUT2D eigenvalue weighted by atomic mass is 79.9. The van der Waals surface area contributed by atoms with Gasteiger partial charge in [-0.15, -0.1) is 0 Å². The predicted molar refractivity (Wildman–Crippen MR) is 88.0 cm³/mol. The number of halogens is 1. The molecule has 24 heavy (non-hydrogen) atoms. The van der Waals surface area contributed by atoms with E-state index in [0.717, 1.165) is 27.7 Å². The largest absolute Gasteiger partial charge is 0.373 e. The lowest BCUT2D eigenvalue weighted by Crippen LogP contribution is -2.07. The minimum Gasteiger partial charge on any atom is -0.373 e. The van der Waals surface area contributed by atoms with Gasteiger partial charge in [-0.1, -0.05) is 5.16 Å². The Morgan fingerprint density at radius 1 is 1.21 bits per heavy atom. The van der Waals surface area contributed by atoms with Crippen molar-refractivity contribution in [3.63, 3.8) is 0 Å². The second-order valence-corrected chi connectivity index (χ2v) is 6.52. The van der Waals surface area contributed by atoms with Crippen LogP contribution < -0.4 is 0 Å². The van der Waals surface area contributed by atoms with E-state index in [2.05, 4.69) is 41.0 Å². The van der Waals surface area contributed by atoms with Crippen molar-refractivity contribution in [1.29, 1.82) is 0 Å². The van der Waals surface area contributed by atoms with Gasteiger partial charge in [0.25, 0.3) is 0 Å². The van der Waals surface area contributed by atoms with E-state index in [9.17, 15) is 0 Å². The molecule has 0 unspecified atom stereocenters. The van der Waals surface area contributed by atoms with Crippen LogP contribution in [0.2, 0.25) is 0 Å². The van der Waals surface area contributed by atoms with Crippen LogP contribution in [0.5, 0.6) is 0 Å². The van der Waals surface area contributed by atoms with Gasteiger partial charge in [-0.3, -0.25) is 4.98 Å². The van der Waals surface area contributed by atoms with Crippen LogP contribution in [0.4, 0.5) is 0 Å². The molecule has 0 amide bonds. The average molecular weight is 388 g/mol. The third-order valence-corrected chi connectivity index (χ3v) is 4.49. The van der Waals surface area contributed by atoms with Gasteiger partial charge in [0.1, 0.15) is 6.33 Å². The van der Waals surface area contributed by atoms with Gasteiger partial charge >= 0.3 is 0 Å². The summed E-state index contributed by atoms with van der Waals surface area (Å²) in [6, 6.07) is 2.00. The fraction of sp³-hybridized carbons (Fsp3) is 0.312. The molecule has 0 bridgehead atoms. The van der Waals surface area contributed by atoms with Gasteiger partial charge < -0.3 is 9.26 Å². The van der Waals surface area contributed by atoms with E-state index < -0.39 is 0 Å². The Bertz CT molecular complexity index is 869. The van der Waals surface area contributed by atoms with E-state index in [4.69, 9.17) is 9.26 Å². The Kier molecular flexibility index (Phi) is 4.07. The van der Waals surface area contributed by atoms with Gasteiger partial charge in [0.05, 0.1) is 23.3 Å². The van der Waals surface area contributed by atoms with Gasteiger partial charge in [-0.05, 0) is 35.3 Å². The van der Waals surface area contributed by atoms with Crippen molar-refractivity contribution in [2.45, 2.75) is 25.4 Å². The molecule has 0 radical (unpaired) electrons. The summed E-state index contributed by atoms with van der Waals surface area (Å²) in [5, 5.41) is 4.09. The molecular formula is C16H14BrN5O2. The highest BCUT2D eigenvalue weighted by Gasteiger charge is 2.35. The molecule has 7 nitrogen and oxygen atoms in total. The monoisotopic (exact) mass is 387 g/mol. The van der Waals surface area contributed by atoms with Crippen molar-refractivity contribution in [2.24, 2.45) is 0 Å². The second-order valence-electron chi connectivity index (χ2n) is 5.60. The fourth-order valence-corrected chi connectivity index (χ4v) is 3.24. The number of hydrogen-bond acceptors (Lipinski definition) is 7. The first-order chi connectivity index (χ1) is 11.7. The maximum Gasteiger partial charge on any atom is 0.233 e. The molecule has 1 fully saturated rings. The summed E-state index contributed by atoms with van der Waals surface area (Å²) in [5.74, 6) is 1.07. The molecule has 3 aromatic rings. The predicted octanol–water partition coefficient (Wildman–Crippen LogP) is 3.24. The normalized spacial score (nSPS) is 20.4. The molecule has 0 N–H and O–H groups in total. The maximum absolute atomic E-state index is 5.89. The molecule has 1 aliphatic heterocycles. The van der Waals surface area contributed by atoms with Crippen LogP contribution in [0.3, 0.4) is 0 Å². The molecule has 1 saturated heterocycles. The standard InChI is InChI=1S/C16H14BrN5O2/c1-9-13(7-19-8-20-9)15-21-16(24-22-15)12-2-3-23-14(12)10-4-11(17)6-18-5-10/h4-8,12,14H,2-3H2,1H3/t12-,14+/m1/s1. The smallest absolute Gasteiger partial charge is 0.233 e. The van der Waals surface area contributed by atoms with Crippen LogP contribution in [0.15, 0.2) is 40.0 Å². The average Bonchev–Trinajstić information content (AvgIpc) is 3.24. The van der Waals surface area contributed by atoms with Crippen LogP contribution in [-0.2, 0) is 4.74 Å². The fourth-order valence-electron chi connectivity index (χ4n) is 2.86. The minimum absolute atomic E-state index is 0.00675. The van der Waals surface area contributed by atoms with Crippen molar-refractivity contribution in [2.75, 3.05) is 6.61 Å². The van der Waals surface area contributed by atoms with Crippen LogP contribution in [0.1, 0.15) is 35.6 Å². The zero-order valence-corrected chi connectivity index (χ0v) is 14.5. The van der Waals surface area contributed by atoms with E-state index in [-0.39, 0.29) is 12.0 Å². The molecule has 2 atom stereocenters. The van der Waals surface area contributed by atoms with Crippen molar-refractivity contribution >= 4 is 15.9 Å². The summed E-state index contributed by atoms with van der Waals surface area (Å²) in [5.41, 5.74) is 2.57. The number of nitrogens with zero attached hydrogens (tertiary/aromatic N) is 5. The number of aromatic nitrogens is 5. The topological polar surface area (TPSA) is 86.8 Å². The summed E-state index contributed by atoms with van der Waals surface area (Å²) in [4.78, 5) is 17.0. The summed E-state index contributed by atoms with van der Waals surface area (Å²) in [6.07, 6.45) is 7.43. The van der Waals surface area contributed by atoms with Crippen molar-refractivity contribution in [1.82, 2.24) is 25.1 Å². The minimum atomic E-state index is -0.142. The Hall–Kier alpha value is -2.19. The lowest BCUT2D eigenvalue weighted by atomic mass is 9.96. The van der Waals surface area contributed by atoms with Crippen molar-refractivity contribution < 1.29 is 9.26 Å². The van der Waals surface area contributed by atoms with Gasteiger partial charge in [0.15, 0.2) is 0 Å². The molecule has 0 aliphatic carbocycles. The lowest BCUT2D eigenvalue weighted by Gasteiger charge is -2.15. The maximum atomic E-state index is 5.89. The van der Waals surface area contributed by atoms with E-state index >= 15 is 0 Å². The van der Waals surface area contributed by atoms with E-state index in [1.54, 1.807) is 18.6 Å². The number of hydrogen-bond donors (Lipinski definition) is 0. The van der Waals surface area contributed by atoms with Crippen molar-refractivity contribution in [3.8, 4) is 11.4 Å². The Morgan fingerprint density at radius 2 is 2.12 bits per heavy atom. The van der Waals surface area contributed by atoms with E-state index in [1.807, 2.05) is 13.0 Å². The number of rotatable bonds is 3. The Morgan fingerprint density at radius 3 is 2.96 bits per heavy atom. The summed E-state index contributed by atoms with van der Waals surface area (Å²) < 4.78 is 12.3. The van der Waals surface area contributed by atoms with Crippen LogP contribution in [0.25, 0.3) is 11.4 Å². The zero-order chi connectivity index (χ0) is 16.5. The van der Waals surface area contributed by atoms with E-state index in [1.165, 1.54) is 6.33 Å². The van der Waals surface area contributed by atoms with E-state index in [0.29, 0.717) is 18.3 Å². The first kappa shape index (κ1) is 15.3. The number of pyridine rings is 1. The molecule has 1 aliphatic rings. The zero-order valence-electron chi connectivity index (χ0n) is 12.9. The molecule has 0 saturated carbocycles. The lowest BCUT2D eigenvalue weighted by molar-refractivity contribution is 0.0983.